The van der Waals surface area contributed by atoms with E-state index < -0.39 is 0 Å². The summed E-state index contributed by atoms with van der Waals surface area (Å²) in [5, 5.41) is 0. The van der Waals surface area contributed by atoms with Crippen LogP contribution in [0.2, 0.25) is 0 Å². The molecule has 0 aromatic carbocycles. The highest BCUT2D eigenvalue weighted by Gasteiger charge is 1.88. The van der Waals surface area contributed by atoms with Gasteiger partial charge in [-0.3, -0.25) is 0 Å². The first-order valence-electron chi connectivity index (χ1n) is 5.01. The average molecular weight is 170 g/mol. The second-order valence-electron chi connectivity index (χ2n) is 3.04. The Bertz CT molecular complexity index is 91.8. The van der Waals surface area contributed by atoms with Crippen LogP contribution in [0, 0.1) is 0 Å². The standard InChI is InChI=1S/C10H22N2/c1-3-5-6-7-8-9-10-12-11-4-2/h4,11-12H,2-3,5-10H2,1H3. The molecule has 0 atom stereocenters. The van der Waals surface area contributed by atoms with Gasteiger partial charge in [0.25, 0.3) is 0 Å². The van der Waals surface area contributed by atoms with Gasteiger partial charge in [-0.05, 0) is 6.42 Å². The van der Waals surface area contributed by atoms with Gasteiger partial charge >= 0.3 is 0 Å². The highest BCUT2D eigenvalue weighted by Crippen LogP contribution is 2.03. The summed E-state index contributed by atoms with van der Waals surface area (Å²) in [7, 11) is 0. The summed E-state index contributed by atoms with van der Waals surface area (Å²) in [6, 6.07) is 0. The van der Waals surface area contributed by atoms with Crippen molar-refractivity contribution < 1.29 is 0 Å². The zero-order chi connectivity index (χ0) is 9.07. The van der Waals surface area contributed by atoms with Gasteiger partial charge in [-0.2, -0.15) is 0 Å². The van der Waals surface area contributed by atoms with Gasteiger partial charge in [-0.25, -0.2) is 5.43 Å². The second kappa shape index (κ2) is 10.5. The van der Waals surface area contributed by atoms with Gasteiger partial charge in [0.2, 0.25) is 0 Å². The Kier molecular flexibility index (Phi) is 10.1. The number of hydrogen-bond donors (Lipinski definition) is 2. The van der Waals surface area contributed by atoms with Crippen molar-refractivity contribution in [1.29, 1.82) is 0 Å². The van der Waals surface area contributed by atoms with E-state index in [2.05, 4.69) is 24.4 Å². The number of unbranched alkanes of at least 4 members (excludes halogenated alkanes) is 5. The first kappa shape index (κ1) is 11.5. The Morgan fingerprint density at radius 2 is 1.75 bits per heavy atom. The Labute approximate surface area is 76.4 Å². The van der Waals surface area contributed by atoms with Gasteiger partial charge in [-0.1, -0.05) is 45.6 Å². The molecule has 72 valence electrons. The number of hydrogen-bond acceptors (Lipinski definition) is 2. The Morgan fingerprint density at radius 3 is 2.42 bits per heavy atom. The van der Waals surface area contributed by atoms with Gasteiger partial charge in [0.05, 0.1) is 0 Å². The molecule has 0 fully saturated rings. The van der Waals surface area contributed by atoms with Crippen LogP contribution in [0.15, 0.2) is 12.8 Å². The third-order valence-corrected chi connectivity index (χ3v) is 1.86. The monoisotopic (exact) mass is 170 g/mol. The largest absolute Gasteiger partial charge is 0.329 e. The fraction of sp³-hybridized carbons (Fsp3) is 0.800. The van der Waals surface area contributed by atoms with Gasteiger partial charge in [0.15, 0.2) is 0 Å². The van der Waals surface area contributed by atoms with Crippen molar-refractivity contribution in [3.05, 3.63) is 12.8 Å². The Balaban J connectivity index is 2.77. The first-order chi connectivity index (χ1) is 5.91. The molecule has 0 spiro atoms. The smallest absolute Gasteiger partial charge is 0.0147 e. The molecule has 0 heterocycles. The molecule has 0 unspecified atom stereocenters. The van der Waals surface area contributed by atoms with E-state index in [1.807, 2.05) is 0 Å². The van der Waals surface area contributed by atoms with E-state index >= 15 is 0 Å². The average Bonchev–Trinajstić information content (AvgIpc) is 2.10. The molecule has 2 heteroatoms. The number of rotatable bonds is 9. The molecule has 2 nitrogen and oxygen atoms in total. The van der Waals surface area contributed by atoms with E-state index in [1.54, 1.807) is 6.20 Å². The van der Waals surface area contributed by atoms with E-state index in [0.29, 0.717) is 0 Å². The minimum Gasteiger partial charge on any atom is -0.329 e. The molecule has 0 aromatic rings. The lowest BCUT2D eigenvalue weighted by Crippen LogP contribution is -2.27. The van der Waals surface area contributed by atoms with Gasteiger partial charge in [0.1, 0.15) is 0 Å². The maximum absolute atomic E-state index is 3.55. The molecule has 0 aliphatic carbocycles. The molecule has 2 N–H and O–H groups in total. The Morgan fingerprint density at radius 1 is 1.08 bits per heavy atom. The van der Waals surface area contributed by atoms with Crippen molar-refractivity contribution in [2.45, 2.75) is 45.4 Å². The van der Waals surface area contributed by atoms with Crippen LogP contribution in [0.4, 0.5) is 0 Å². The van der Waals surface area contributed by atoms with Crippen molar-refractivity contribution >= 4 is 0 Å². The molecule has 0 radical (unpaired) electrons. The number of nitrogens with one attached hydrogen (secondary N) is 2. The van der Waals surface area contributed by atoms with E-state index in [-0.39, 0.29) is 0 Å². The van der Waals surface area contributed by atoms with Crippen LogP contribution in [0.25, 0.3) is 0 Å². The normalized spacial score (nSPS) is 9.75. The predicted octanol–water partition coefficient (Wildman–Crippen LogP) is 2.58. The second-order valence-corrected chi connectivity index (χ2v) is 3.04. The van der Waals surface area contributed by atoms with Crippen molar-refractivity contribution in [3.63, 3.8) is 0 Å². The van der Waals surface area contributed by atoms with E-state index in [1.165, 1.54) is 38.5 Å². The van der Waals surface area contributed by atoms with E-state index in [0.717, 1.165) is 6.54 Å². The topological polar surface area (TPSA) is 24.1 Å². The lowest BCUT2D eigenvalue weighted by Gasteiger charge is -2.02. The van der Waals surface area contributed by atoms with Gasteiger partial charge < -0.3 is 5.43 Å². The maximum Gasteiger partial charge on any atom is 0.0147 e. The van der Waals surface area contributed by atoms with Crippen LogP contribution in [-0.2, 0) is 0 Å². The summed E-state index contributed by atoms with van der Waals surface area (Å²) in [4.78, 5) is 0. The zero-order valence-corrected chi connectivity index (χ0v) is 8.23. The van der Waals surface area contributed by atoms with Crippen LogP contribution in [0.5, 0.6) is 0 Å². The molecular weight excluding hydrogens is 148 g/mol. The van der Waals surface area contributed by atoms with Crippen LogP contribution in [-0.4, -0.2) is 6.54 Å². The third kappa shape index (κ3) is 9.50. The summed E-state index contributed by atoms with van der Waals surface area (Å²) in [5.41, 5.74) is 5.92. The molecule has 0 saturated carbocycles. The highest BCUT2D eigenvalue weighted by molar-refractivity contribution is 4.58. The van der Waals surface area contributed by atoms with Crippen LogP contribution >= 0.6 is 0 Å². The fourth-order valence-corrected chi connectivity index (χ4v) is 1.14. The summed E-state index contributed by atoms with van der Waals surface area (Å²) >= 11 is 0. The molecule has 0 saturated heterocycles. The minimum atomic E-state index is 1.04. The summed E-state index contributed by atoms with van der Waals surface area (Å²) in [6.07, 6.45) is 9.75. The van der Waals surface area contributed by atoms with Crippen LogP contribution in [0.1, 0.15) is 45.4 Å². The fourth-order valence-electron chi connectivity index (χ4n) is 1.14. The molecule has 0 aliphatic rings. The van der Waals surface area contributed by atoms with E-state index in [9.17, 15) is 0 Å². The van der Waals surface area contributed by atoms with Crippen molar-refractivity contribution in [2.75, 3.05) is 6.54 Å². The molecule has 0 aliphatic heterocycles. The van der Waals surface area contributed by atoms with Crippen molar-refractivity contribution in [3.8, 4) is 0 Å². The molecule has 0 rings (SSSR count). The number of hydrazine groups is 1. The first-order valence-corrected chi connectivity index (χ1v) is 5.01. The minimum absolute atomic E-state index is 1.04. The van der Waals surface area contributed by atoms with Crippen molar-refractivity contribution in [2.24, 2.45) is 0 Å². The molecule has 0 bridgehead atoms. The van der Waals surface area contributed by atoms with Gasteiger partial charge in [-0.15, -0.1) is 0 Å². The maximum atomic E-state index is 3.55. The van der Waals surface area contributed by atoms with Crippen molar-refractivity contribution in [1.82, 2.24) is 10.9 Å². The third-order valence-electron chi connectivity index (χ3n) is 1.86. The zero-order valence-electron chi connectivity index (χ0n) is 8.23. The Hall–Kier alpha value is -0.500. The summed E-state index contributed by atoms with van der Waals surface area (Å²) < 4.78 is 0. The lowest BCUT2D eigenvalue weighted by molar-refractivity contribution is 0.549. The quantitative estimate of drug-likeness (QED) is 0.410. The van der Waals surface area contributed by atoms with Gasteiger partial charge in [0, 0.05) is 12.7 Å². The molecule has 0 aromatic heterocycles. The molecule has 0 amide bonds. The molecule has 12 heavy (non-hydrogen) atoms. The lowest BCUT2D eigenvalue weighted by atomic mass is 10.1. The highest BCUT2D eigenvalue weighted by atomic mass is 15.3. The summed E-state index contributed by atoms with van der Waals surface area (Å²) in [6.45, 7) is 6.83. The summed E-state index contributed by atoms with van der Waals surface area (Å²) in [5.74, 6) is 0. The van der Waals surface area contributed by atoms with Crippen LogP contribution in [0.3, 0.4) is 0 Å². The van der Waals surface area contributed by atoms with Crippen LogP contribution < -0.4 is 10.9 Å². The predicted molar refractivity (Wildman–Crippen MR) is 54.7 cm³/mol. The molecular formula is C10H22N2. The van der Waals surface area contributed by atoms with E-state index in [4.69, 9.17) is 0 Å². The SMILES string of the molecule is C=CNNCCCCCCCC.